The van der Waals surface area contributed by atoms with E-state index in [9.17, 15) is 0 Å². The first-order valence-electron chi connectivity index (χ1n) is 6.05. The van der Waals surface area contributed by atoms with Gasteiger partial charge in [0.05, 0.1) is 0 Å². The molecule has 0 aromatic carbocycles. The maximum Gasteiger partial charge on any atom is 0.00621 e. The SMILES string of the molecule is CCC(C)CSCCNC(CC)CC. The molecule has 0 amide bonds. The van der Waals surface area contributed by atoms with Gasteiger partial charge in [0.25, 0.3) is 0 Å². The highest BCUT2D eigenvalue weighted by Crippen LogP contribution is 2.10. The molecule has 2 heteroatoms. The van der Waals surface area contributed by atoms with E-state index in [2.05, 4.69) is 44.8 Å². The van der Waals surface area contributed by atoms with Crippen molar-refractivity contribution >= 4 is 11.8 Å². The molecule has 0 aliphatic carbocycles. The molecule has 0 fully saturated rings. The van der Waals surface area contributed by atoms with Crippen molar-refractivity contribution in [3.05, 3.63) is 0 Å². The van der Waals surface area contributed by atoms with Gasteiger partial charge in [0.1, 0.15) is 0 Å². The number of rotatable bonds is 9. The summed E-state index contributed by atoms with van der Waals surface area (Å²) >= 11 is 2.09. The minimum atomic E-state index is 0.735. The Hall–Kier alpha value is 0.310. The Balaban J connectivity index is 3.20. The summed E-state index contributed by atoms with van der Waals surface area (Å²) in [5.74, 6) is 3.47. The molecule has 1 atom stereocenters. The third-order valence-electron chi connectivity index (χ3n) is 2.76. The minimum Gasteiger partial charge on any atom is -0.313 e. The van der Waals surface area contributed by atoms with Crippen LogP contribution in [0.1, 0.15) is 47.0 Å². The second-order valence-corrected chi connectivity index (χ2v) is 5.21. The number of nitrogens with one attached hydrogen (secondary N) is 1. The van der Waals surface area contributed by atoms with Crippen LogP contribution >= 0.6 is 11.8 Å². The fourth-order valence-electron chi connectivity index (χ4n) is 1.31. The first kappa shape index (κ1) is 14.3. The Morgan fingerprint density at radius 2 is 1.71 bits per heavy atom. The first-order valence-corrected chi connectivity index (χ1v) is 7.21. The van der Waals surface area contributed by atoms with Crippen LogP contribution in [0.15, 0.2) is 0 Å². The van der Waals surface area contributed by atoms with Crippen LogP contribution in [0.3, 0.4) is 0 Å². The maximum absolute atomic E-state index is 3.59. The van der Waals surface area contributed by atoms with Crippen LogP contribution in [-0.4, -0.2) is 24.1 Å². The third kappa shape index (κ3) is 7.69. The van der Waals surface area contributed by atoms with Crippen LogP contribution in [-0.2, 0) is 0 Å². The van der Waals surface area contributed by atoms with Gasteiger partial charge in [-0.05, 0) is 24.5 Å². The average molecular weight is 217 g/mol. The van der Waals surface area contributed by atoms with Crippen LogP contribution in [0.5, 0.6) is 0 Å². The van der Waals surface area contributed by atoms with Crippen molar-refractivity contribution in [2.75, 3.05) is 18.1 Å². The number of hydrogen-bond acceptors (Lipinski definition) is 2. The fourth-order valence-corrected chi connectivity index (χ4v) is 2.38. The highest BCUT2D eigenvalue weighted by Gasteiger charge is 2.02. The van der Waals surface area contributed by atoms with Gasteiger partial charge < -0.3 is 5.32 Å². The van der Waals surface area contributed by atoms with Crippen molar-refractivity contribution in [1.82, 2.24) is 5.32 Å². The molecule has 0 aromatic rings. The molecule has 1 N–H and O–H groups in total. The van der Waals surface area contributed by atoms with Crippen LogP contribution in [0.25, 0.3) is 0 Å². The van der Waals surface area contributed by atoms with Gasteiger partial charge in [-0.2, -0.15) is 11.8 Å². The van der Waals surface area contributed by atoms with Crippen molar-refractivity contribution < 1.29 is 0 Å². The van der Waals surface area contributed by atoms with Gasteiger partial charge in [0, 0.05) is 18.3 Å². The second-order valence-electron chi connectivity index (χ2n) is 4.06. The molecule has 0 saturated heterocycles. The smallest absolute Gasteiger partial charge is 0.00621 e. The maximum atomic E-state index is 3.59. The molecule has 0 radical (unpaired) electrons. The molecular formula is C12H27NS. The van der Waals surface area contributed by atoms with E-state index in [1.807, 2.05) is 0 Å². The summed E-state index contributed by atoms with van der Waals surface area (Å²) in [6, 6.07) is 0.735. The van der Waals surface area contributed by atoms with Gasteiger partial charge in [-0.25, -0.2) is 0 Å². The first-order chi connectivity index (χ1) is 6.74. The van der Waals surface area contributed by atoms with Crippen LogP contribution in [0, 0.1) is 5.92 Å². The molecule has 14 heavy (non-hydrogen) atoms. The molecule has 0 bridgehead atoms. The average Bonchev–Trinajstić information content (AvgIpc) is 2.23. The minimum absolute atomic E-state index is 0.735. The Morgan fingerprint density at radius 3 is 2.21 bits per heavy atom. The highest BCUT2D eigenvalue weighted by molar-refractivity contribution is 7.99. The van der Waals surface area contributed by atoms with Crippen LogP contribution < -0.4 is 5.32 Å². The predicted molar refractivity (Wildman–Crippen MR) is 69.2 cm³/mol. The zero-order valence-corrected chi connectivity index (χ0v) is 11.1. The lowest BCUT2D eigenvalue weighted by Crippen LogP contribution is -2.29. The van der Waals surface area contributed by atoms with E-state index in [-0.39, 0.29) is 0 Å². The Bertz CT molecular complexity index is 113. The quantitative estimate of drug-likeness (QED) is 0.593. The molecule has 1 unspecified atom stereocenters. The Morgan fingerprint density at radius 1 is 1.07 bits per heavy atom. The summed E-state index contributed by atoms with van der Waals surface area (Å²) < 4.78 is 0. The molecule has 86 valence electrons. The normalized spacial score (nSPS) is 13.5. The van der Waals surface area contributed by atoms with E-state index in [0.717, 1.165) is 12.0 Å². The van der Waals surface area contributed by atoms with Crippen molar-refractivity contribution in [3.8, 4) is 0 Å². The standard InChI is InChI=1S/C12H27NS/c1-5-11(4)10-14-9-8-13-12(6-2)7-3/h11-13H,5-10H2,1-4H3. The van der Waals surface area contributed by atoms with E-state index >= 15 is 0 Å². The molecule has 0 heterocycles. The third-order valence-corrected chi connectivity index (χ3v) is 4.06. The molecule has 1 nitrogen and oxygen atoms in total. The molecule has 0 spiro atoms. The predicted octanol–water partition coefficient (Wildman–Crippen LogP) is 3.54. The van der Waals surface area contributed by atoms with E-state index < -0.39 is 0 Å². The van der Waals surface area contributed by atoms with Crippen molar-refractivity contribution in [2.45, 2.75) is 53.0 Å². The summed E-state index contributed by atoms with van der Waals surface area (Å²) in [6.45, 7) is 10.3. The lowest BCUT2D eigenvalue weighted by molar-refractivity contribution is 0.501. The summed E-state index contributed by atoms with van der Waals surface area (Å²) in [5, 5.41) is 3.59. The van der Waals surface area contributed by atoms with Crippen molar-refractivity contribution in [2.24, 2.45) is 5.92 Å². The summed E-state index contributed by atoms with van der Waals surface area (Å²) in [5.41, 5.74) is 0. The number of thioether (sulfide) groups is 1. The fraction of sp³-hybridized carbons (Fsp3) is 1.00. The zero-order chi connectivity index (χ0) is 10.8. The van der Waals surface area contributed by atoms with E-state index in [1.54, 1.807) is 0 Å². The van der Waals surface area contributed by atoms with Gasteiger partial charge >= 0.3 is 0 Å². The van der Waals surface area contributed by atoms with Crippen LogP contribution in [0.4, 0.5) is 0 Å². The molecule has 0 saturated carbocycles. The largest absolute Gasteiger partial charge is 0.313 e. The van der Waals surface area contributed by atoms with Crippen molar-refractivity contribution in [1.29, 1.82) is 0 Å². The van der Waals surface area contributed by atoms with Gasteiger partial charge in [-0.3, -0.25) is 0 Å². The van der Waals surface area contributed by atoms with E-state index in [0.29, 0.717) is 0 Å². The summed E-state index contributed by atoms with van der Waals surface area (Å²) in [7, 11) is 0. The van der Waals surface area contributed by atoms with Gasteiger partial charge in [0.15, 0.2) is 0 Å². The van der Waals surface area contributed by atoms with E-state index in [1.165, 1.54) is 37.3 Å². The zero-order valence-electron chi connectivity index (χ0n) is 10.3. The monoisotopic (exact) mass is 217 g/mol. The molecule has 0 aliphatic rings. The molecule has 0 rings (SSSR count). The van der Waals surface area contributed by atoms with Gasteiger partial charge in [-0.15, -0.1) is 0 Å². The van der Waals surface area contributed by atoms with Gasteiger partial charge in [-0.1, -0.05) is 34.1 Å². The van der Waals surface area contributed by atoms with Gasteiger partial charge in [0.2, 0.25) is 0 Å². The van der Waals surface area contributed by atoms with E-state index in [4.69, 9.17) is 0 Å². The lowest BCUT2D eigenvalue weighted by atomic mass is 10.2. The Labute approximate surface area is 94.4 Å². The lowest BCUT2D eigenvalue weighted by Gasteiger charge is -2.14. The molecule has 0 aliphatic heterocycles. The van der Waals surface area contributed by atoms with Crippen molar-refractivity contribution in [3.63, 3.8) is 0 Å². The topological polar surface area (TPSA) is 12.0 Å². The molecular weight excluding hydrogens is 190 g/mol. The number of hydrogen-bond donors (Lipinski definition) is 1. The second kappa shape index (κ2) is 9.85. The summed E-state index contributed by atoms with van der Waals surface area (Å²) in [4.78, 5) is 0. The summed E-state index contributed by atoms with van der Waals surface area (Å²) in [6.07, 6.45) is 3.83. The highest BCUT2D eigenvalue weighted by atomic mass is 32.2. The van der Waals surface area contributed by atoms with Crippen LogP contribution in [0.2, 0.25) is 0 Å². The molecule has 0 aromatic heterocycles. The Kier molecular flexibility index (Phi) is 10.1.